The maximum Gasteiger partial charge on any atom is 0.195 e. The van der Waals surface area contributed by atoms with Crippen LogP contribution in [0, 0.1) is 0 Å². The number of hydrogen-bond donors (Lipinski definition) is 1. The average molecular weight is 275 g/mol. The second kappa shape index (κ2) is 4.94. The summed E-state index contributed by atoms with van der Waals surface area (Å²) in [6.45, 7) is 3.55. The van der Waals surface area contributed by atoms with Gasteiger partial charge in [0.2, 0.25) is 0 Å². The van der Waals surface area contributed by atoms with E-state index in [-0.39, 0.29) is 0 Å². The van der Waals surface area contributed by atoms with Crippen LogP contribution >= 0.6 is 11.6 Å². The zero-order chi connectivity index (χ0) is 12.5. The Labute approximate surface area is 106 Å². The molecule has 0 radical (unpaired) electrons. The molecule has 1 aliphatic heterocycles. The number of hydrazine groups is 1. The first-order chi connectivity index (χ1) is 8.04. The second-order valence-corrected chi connectivity index (χ2v) is 6.55. The Bertz CT molecular complexity index is 487. The Hall–Kier alpha value is -0.620. The molecule has 17 heavy (non-hydrogen) atoms. The molecule has 1 fully saturated rings. The maximum absolute atomic E-state index is 12.3. The number of rotatable bonds is 3. The summed E-state index contributed by atoms with van der Waals surface area (Å²) in [5.41, 5.74) is 3.01. The zero-order valence-corrected chi connectivity index (χ0v) is 11.1. The third-order valence-electron chi connectivity index (χ3n) is 2.89. The lowest BCUT2D eigenvalue weighted by atomic mass is 10.4. The van der Waals surface area contributed by atoms with Crippen molar-refractivity contribution in [2.45, 2.75) is 23.6 Å². The number of sulfone groups is 1. The van der Waals surface area contributed by atoms with Crippen LogP contribution in [0.3, 0.4) is 0 Å². The molecule has 1 heterocycles. The van der Waals surface area contributed by atoms with Gasteiger partial charge in [-0.2, -0.15) is 0 Å². The topological polar surface area (TPSA) is 49.4 Å². The Morgan fingerprint density at radius 3 is 2.59 bits per heavy atom. The summed E-state index contributed by atoms with van der Waals surface area (Å²) in [6.07, 6.45) is 0.610. The molecule has 94 valence electrons. The van der Waals surface area contributed by atoms with Crippen molar-refractivity contribution in [3.05, 3.63) is 29.3 Å². The summed E-state index contributed by atoms with van der Waals surface area (Å²) in [4.78, 5) is 0.317. The minimum absolute atomic E-state index is 0.317. The Kier molecular flexibility index (Phi) is 3.73. The number of halogens is 1. The van der Waals surface area contributed by atoms with Crippen LogP contribution in [0.15, 0.2) is 29.2 Å². The fourth-order valence-corrected chi connectivity index (χ4v) is 3.54. The van der Waals surface area contributed by atoms with Crippen molar-refractivity contribution in [3.8, 4) is 0 Å². The molecule has 1 aliphatic rings. The van der Waals surface area contributed by atoms with E-state index in [4.69, 9.17) is 11.6 Å². The van der Waals surface area contributed by atoms with E-state index < -0.39 is 15.2 Å². The van der Waals surface area contributed by atoms with Gasteiger partial charge in [-0.3, -0.25) is 0 Å². The van der Waals surface area contributed by atoms with Crippen molar-refractivity contribution < 1.29 is 8.42 Å². The lowest BCUT2D eigenvalue weighted by Crippen LogP contribution is -2.39. The quantitative estimate of drug-likeness (QED) is 0.911. The highest BCUT2D eigenvalue weighted by atomic mass is 35.5. The molecular weight excluding hydrogens is 260 g/mol. The average Bonchev–Trinajstić information content (AvgIpc) is 2.78. The van der Waals surface area contributed by atoms with Crippen LogP contribution in [0.5, 0.6) is 0 Å². The minimum Gasteiger partial charge on any atom is -0.243 e. The van der Waals surface area contributed by atoms with Gasteiger partial charge in [-0.05, 0) is 30.7 Å². The molecular formula is C11H15ClN2O2S. The summed E-state index contributed by atoms with van der Waals surface area (Å²) in [6, 6.07) is 6.30. The molecule has 0 amide bonds. The lowest BCUT2D eigenvalue weighted by molar-refractivity contribution is 0.262. The van der Waals surface area contributed by atoms with E-state index in [2.05, 4.69) is 5.43 Å². The standard InChI is InChI=1S/C11H15ClN2O2S/c1-2-14-8-7-11(13-14)17(15,16)10-5-3-9(12)4-6-10/h3-6,11,13H,2,7-8H2,1H3. The van der Waals surface area contributed by atoms with E-state index >= 15 is 0 Å². The van der Waals surface area contributed by atoms with Crippen molar-refractivity contribution in [1.82, 2.24) is 10.4 Å². The highest BCUT2D eigenvalue weighted by molar-refractivity contribution is 7.92. The molecule has 4 nitrogen and oxygen atoms in total. The van der Waals surface area contributed by atoms with Gasteiger partial charge in [-0.15, -0.1) is 0 Å². The van der Waals surface area contributed by atoms with Crippen LogP contribution in [-0.2, 0) is 9.84 Å². The molecule has 1 atom stereocenters. The van der Waals surface area contributed by atoms with E-state index in [0.717, 1.165) is 13.1 Å². The smallest absolute Gasteiger partial charge is 0.195 e. The highest BCUT2D eigenvalue weighted by Crippen LogP contribution is 2.22. The van der Waals surface area contributed by atoms with E-state index in [1.807, 2.05) is 11.9 Å². The third-order valence-corrected chi connectivity index (χ3v) is 5.16. The summed E-state index contributed by atoms with van der Waals surface area (Å²) in [7, 11) is -3.31. The summed E-state index contributed by atoms with van der Waals surface area (Å²) in [5, 5.41) is 1.93. The van der Waals surface area contributed by atoms with Crippen LogP contribution in [-0.4, -0.2) is 31.9 Å². The first-order valence-electron chi connectivity index (χ1n) is 5.54. The number of nitrogens with zero attached hydrogens (tertiary/aromatic N) is 1. The van der Waals surface area contributed by atoms with Crippen LogP contribution in [0.4, 0.5) is 0 Å². The van der Waals surface area contributed by atoms with Gasteiger partial charge < -0.3 is 0 Å². The van der Waals surface area contributed by atoms with Crippen LogP contribution in [0.2, 0.25) is 5.02 Å². The van der Waals surface area contributed by atoms with Crippen molar-refractivity contribution in [2.24, 2.45) is 0 Å². The molecule has 1 saturated heterocycles. The van der Waals surface area contributed by atoms with E-state index in [0.29, 0.717) is 16.3 Å². The van der Waals surface area contributed by atoms with Crippen molar-refractivity contribution in [2.75, 3.05) is 13.1 Å². The van der Waals surface area contributed by atoms with E-state index in [1.165, 1.54) is 0 Å². The monoisotopic (exact) mass is 274 g/mol. The van der Waals surface area contributed by atoms with Crippen LogP contribution < -0.4 is 5.43 Å². The normalized spacial score (nSPS) is 21.9. The fraction of sp³-hybridized carbons (Fsp3) is 0.455. The SMILES string of the molecule is CCN1CCC(S(=O)(=O)c2ccc(Cl)cc2)N1. The van der Waals surface area contributed by atoms with Crippen LogP contribution in [0.1, 0.15) is 13.3 Å². The predicted octanol–water partition coefficient (Wildman–Crippen LogP) is 1.67. The van der Waals surface area contributed by atoms with Gasteiger partial charge in [0, 0.05) is 18.1 Å². The first-order valence-corrected chi connectivity index (χ1v) is 7.47. The zero-order valence-electron chi connectivity index (χ0n) is 9.56. The number of hydrogen-bond acceptors (Lipinski definition) is 4. The molecule has 0 aliphatic carbocycles. The van der Waals surface area contributed by atoms with Crippen molar-refractivity contribution in [1.29, 1.82) is 0 Å². The molecule has 0 bridgehead atoms. The fourth-order valence-electron chi connectivity index (χ4n) is 1.87. The third kappa shape index (κ3) is 2.63. The highest BCUT2D eigenvalue weighted by Gasteiger charge is 2.33. The van der Waals surface area contributed by atoms with Gasteiger partial charge in [-0.25, -0.2) is 18.9 Å². The molecule has 0 saturated carbocycles. The van der Waals surface area contributed by atoms with E-state index in [1.54, 1.807) is 24.3 Å². The molecule has 6 heteroatoms. The first kappa shape index (κ1) is 12.8. The maximum atomic E-state index is 12.3. The van der Waals surface area contributed by atoms with Crippen molar-refractivity contribution in [3.63, 3.8) is 0 Å². The summed E-state index contributed by atoms with van der Waals surface area (Å²) in [5.74, 6) is 0. The van der Waals surface area contributed by atoms with Gasteiger partial charge in [-0.1, -0.05) is 18.5 Å². The number of benzene rings is 1. The van der Waals surface area contributed by atoms with Gasteiger partial charge in [0.15, 0.2) is 9.84 Å². The Balaban J connectivity index is 2.22. The largest absolute Gasteiger partial charge is 0.243 e. The molecule has 1 N–H and O–H groups in total. The second-order valence-electron chi connectivity index (χ2n) is 3.99. The van der Waals surface area contributed by atoms with E-state index in [9.17, 15) is 8.42 Å². The van der Waals surface area contributed by atoms with Gasteiger partial charge >= 0.3 is 0 Å². The summed E-state index contributed by atoms with van der Waals surface area (Å²) >= 11 is 5.75. The lowest BCUT2D eigenvalue weighted by Gasteiger charge is -2.16. The van der Waals surface area contributed by atoms with Crippen LogP contribution in [0.25, 0.3) is 0 Å². The molecule has 2 rings (SSSR count). The molecule has 0 aromatic heterocycles. The Morgan fingerprint density at radius 2 is 2.06 bits per heavy atom. The van der Waals surface area contributed by atoms with Gasteiger partial charge in [0.05, 0.1) is 4.90 Å². The van der Waals surface area contributed by atoms with Crippen molar-refractivity contribution >= 4 is 21.4 Å². The minimum atomic E-state index is -3.31. The van der Waals surface area contributed by atoms with Gasteiger partial charge in [0.1, 0.15) is 5.37 Å². The molecule has 0 spiro atoms. The summed E-state index contributed by atoms with van der Waals surface area (Å²) < 4.78 is 24.5. The van der Waals surface area contributed by atoms with Gasteiger partial charge in [0.25, 0.3) is 0 Å². The predicted molar refractivity (Wildman–Crippen MR) is 67.4 cm³/mol. The Morgan fingerprint density at radius 1 is 1.41 bits per heavy atom. The molecule has 1 unspecified atom stereocenters. The molecule has 1 aromatic rings. The number of nitrogens with one attached hydrogen (secondary N) is 1. The molecule has 1 aromatic carbocycles.